The van der Waals surface area contributed by atoms with Crippen LogP contribution in [-0.4, -0.2) is 58.1 Å². The van der Waals surface area contributed by atoms with Crippen LogP contribution in [0, 0.1) is 5.41 Å². The molecule has 1 saturated heterocycles. The fourth-order valence-corrected chi connectivity index (χ4v) is 3.03. The minimum atomic E-state index is 0. The number of guanidine groups is 1. The third-order valence-corrected chi connectivity index (χ3v) is 4.65. The average Bonchev–Trinajstić information content (AvgIpc) is 3.07. The minimum Gasteiger partial charge on any atom is -0.396 e. The van der Waals surface area contributed by atoms with Gasteiger partial charge < -0.3 is 25.4 Å². The van der Waals surface area contributed by atoms with Gasteiger partial charge in [0.15, 0.2) is 5.96 Å². The second-order valence-corrected chi connectivity index (χ2v) is 6.89. The molecule has 1 heterocycles. The summed E-state index contributed by atoms with van der Waals surface area (Å²) in [5.74, 6) is 0.807. The number of aliphatic imine (C=N–C) groups is 1. The Morgan fingerprint density at radius 3 is 2.77 bits per heavy atom. The van der Waals surface area contributed by atoms with Crippen molar-refractivity contribution < 1.29 is 9.84 Å². The lowest BCUT2D eigenvalue weighted by Crippen LogP contribution is -2.44. The summed E-state index contributed by atoms with van der Waals surface area (Å²) in [6.45, 7) is 5.92. The first-order valence-corrected chi connectivity index (χ1v) is 9.05. The Morgan fingerprint density at radius 2 is 2.15 bits per heavy atom. The van der Waals surface area contributed by atoms with E-state index in [9.17, 15) is 5.11 Å². The third-order valence-electron chi connectivity index (χ3n) is 4.65. The molecular weight excluding hydrogens is 443 g/mol. The minimum absolute atomic E-state index is 0. The van der Waals surface area contributed by atoms with Crippen LogP contribution in [0.25, 0.3) is 0 Å². The van der Waals surface area contributed by atoms with Crippen molar-refractivity contribution in [2.45, 2.75) is 26.3 Å². The Labute approximate surface area is 174 Å². The molecule has 0 bridgehead atoms. The zero-order valence-electron chi connectivity index (χ0n) is 16.1. The molecule has 2 rings (SSSR count). The van der Waals surface area contributed by atoms with Crippen LogP contribution in [0.3, 0.4) is 0 Å². The summed E-state index contributed by atoms with van der Waals surface area (Å²) in [6.07, 6.45) is 1.73. The van der Waals surface area contributed by atoms with Crippen LogP contribution in [0.2, 0.25) is 0 Å². The van der Waals surface area contributed by atoms with E-state index in [1.807, 2.05) is 14.1 Å². The molecular formula is C19H33IN4O2. The summed E-state index contributed by atoms with van der Waals surface area (Å²) in [6, 6.07) is 8.41. The molecule has 3 N–H and O–H groups in total. The molecule has 0 saturated carbocycles. The van der Waals surface area contributed by atoms with Crippen molar-refractivity contribution in [1.82, 2.24) is 10.6 Å². The lowest BCUT2D eigenvalue weighted by molar-refractivity contribution is 0.127. The largest absolute Gasteiger partial charge is 0.396 e. The van der Waals surface area contributed by atoms with Gasteiger partial charge in [-0.2, -0.15) is 0 Å². The molecule has 1 aliphatic rings. The van der Waals surface area contributed by atoms with E-state index >= 15 is 0 Å². The number of anilines is 1. The van der Waals surface area contributed by atoms with Crippen molar-refractivity contribution in [2.24, 2.45) is 10.4 Å². The maximum atomic E-state index is 9.35. The summed E-state index contributed by atoms with van der Waals surface area (Å²) in [5.41, 5.74) is 2.36. The molecule has 0 aliphatic carbocycles. The van der Waals surface area contributed by atoms with Gasteiger partial charge in [-0.3, -0.25) is 0 Å². The van der Waals surface area contributed by atoms with Crippen molar-refractivity contribution in [2.75, 3.05) is 51.9 Å². The summed E-state index contributed by atoms with van der Waals surface area (Å²) >= 11 is 0. The standard InChI is InChI=1S/C19H32N4O2.HI/c1-4-20-18(22-14-19(8-10-24)9-11-25-15-19)21-13-16-6-5-7-17(12-16)23(2)3;/h5-7,12,24H,4,8-11,13-15H2,1-3H3,(H2,20,21,22);1H. The van der Waals surface area contributed by atoms with Gasteiger partial charge in [-0.15, -0.1) is 24.0 Å². The van der Waals surface area contributed by atoms with Crippen LogP contribution in [0.1, 0.15) is 25.3 Å². The number of ether oxygens (including phenoxy) is 1. The fourth-order valence-electron chi connectivity index (χ4n) is 3.03. The zero-order valence-corrected chi connectivity index (χ0v) is 18.5. The van der Waals surface area contributed by atoms with Gasteiger partial charge in [-0.05, 0) is 37.5 Å². The average molecular weight is 476 g/mol. The molecule has 0 spiro atoms. The van der Waals surface area contributed by atoms with Gasteiger partial charge in [-0.1, -0.05) is 12.1 Å². The van der Waals surface area contributed by atoms with Gasteiger partial charge in [-0.25, -0.2) is 4.99 Å². The Hall–Kier alpha value is -1.06. The molecule has 148 valence electrons. The fraction of sp³-hybridized carbons (Fsp3) is 0.632. The maximum absolute atomic E-state index is 9.35. The molecule has 26 heavy (non-hydrogen) atoms. The van der Waals surface area contributed by atoms with Gasteiger partial charge in [0.2, 0.25) is 0 Å². The summed E-state index contributed by atoms with van der Waals surface area (Å²) in [5, 5.41) is 16.1. The second-order valence-electron chi connectivity index (χ2n) is 6.89. The number of aliphatic hydroxyl groups excluding tert-OH is 1. The first-order chi connectivity index (χ1) is 12.1. The lowest BCUT2D eigenvalue weighted by Gasteiger charge is -2.27. The molecule has 0 amide bonds. The van der Waals surface area contributed by atoms with E-state index in [1.54, 1.807) is 0 Å². The van der Waals surface area contributed by atoms with E-state index in [0.717, 1.165) is 38.5 Å². The molecule has 1 fully saturated rings. The van der Waals surface area contributed by atoms with Crippen LogP contribution < -0.4 is 15.5 Å². The quantitative estimate of drug-likeness (QED) is 0.305. The van der Waals surface area contributed by atoms with Crippen LogP contribution in [0.4, 0.5) is 5.69 Å². The molecule has 0 radical (unpaired) electrons. The highest BCUT2D eigenvalue weighted by Gasteiger charge is 2.34. The van der Waals surface area contributed by atoms with E-state index in [1.165, 1.54) is 11.3 Å². The highest BCUT2D eigenvalue weighted by Crippen LogP contribution is 2.31. The molecule has 1 aromatic rings. The van der Waals surface area contributed by atoms with Crippen molar-refractivity contribution in [1.29, 1.82) is 0 Å². The summed E-state index contributed by atoms with van der Waals surface area (Å²) < 4.78 is 5.55. The van der Waals surface area contributed by atoms with E-state index in [0.29, 0.717) is 13.2 Å². The van der Waals surface area contributed by atoms with Crippen LogP contribution in [0.15, 0.2) is 29.3 Å². The number of hydrogen-bond acceptors (Lipinski definition) is 4. The Kier molecular flexibility index (Phi) is 10.3. The van der Waals surface area contributed by atoms with Gasteiger partial charge in [0.05, 0.1) is 13.2 Å². The summed E-state index contributed by atoms with van der Waals surface area (Å²) in [4.78, 5) is 6.80. The van der Waals surface area contributed by atoms with E-state index in [-0.39, 0.29) is 36.0 Å². The Bertz CT molecular complexity index is 560. The van der Waals surface area contributed by atoms with Crippen molar-refractivity contribution in [3.8, 4) is 0 Å². The molecule has 1 aromatic carbocycles. The van der Waals surface area contributed by atoms with Crippen LogP contribution in [0.5, 0.6) is 0 Å². The highest BCUT2D eigenvalue weighted by molar-refractivity contribution is 14.0. The SMILES string of the molecule is CCNC(=NCc1cccc(N(C)C)c1)NCC1(CCO)CCOC1.I. The number of nitrogens with zero attached hydrogens (tertiary/aromatic N) is 2. The van der Waals surface area contributed by atoms with E-state index in [4.69, 9.17) is 9.73 Å². The van der Waals surface area contributed by atoms with Gasteiger partial charge in [0, 0.05) is 51.5 Å². The number of rotatable bonds is 8. The molecule has 1 unspecified atom stereocenters. The number of nitrogens with one attached hydrogen (secondary N) is 2. The molecule has 0 aromatic heterocycles. The molecule has 6 nitrogen and oxygen atoms in total. The van der Waals surface area contributed by atoms with Crippen molar-refractivity contribution in [3.05, 3.63) is 29.8 Å². The number of benzene rings is 1. The van der Waals surface area contributed by atoms with E-state index < -0.39 is 0 Å². The molecule has 1 aliphatic heterocycles. The first-order valence-electron chi connectivity index (χ1n) is 9.05. The number of halogens is 1. The third kappa shape index (κ3) is 6.92. The summed E-state index contributed by atoms with van der Waals surface area (Å²) in [7, 11) is 4.08. The van der Waals surface area contributed by atoms with Crippen molar-refractivity contribution >= 4 is 35.6 Å². The predicted octanol–water partition coefficient (Wildman–Crippen LogP) is 2.21. The highest BCUT2D eigenvalue weighted by atomic mass is 127. The number of hydrogen-bond donors (Lipinski definition) is 3. The molecule has 7 heteroatoms. The Morgan fingerprint density at radius 1 is 1.35 bits per heavy atom. The maximum Gasteiger partial charge on any atom is 0.191 e. The molecule has 1 atom stereocenters. The normalized spacial score (nSPS) is 19.8. The van der Waals surface area contributed by atoms with E-state index in [2.05, 4.69) is 46.7 Å². The van der Waals surface area contributed by atoms with Crippen LogP contribution in [-0.2, 0) is 11.3 Å². The van der Waals surface area contributed by atoms with Crippen LogP contribution >= 0.6 is 24.0 Å². The lowest BCUT2D eigenvalue weighted by atomic mass is 9.84. The predicted molar refractivity (Wildman–Crippen MR) is 119 cm³/mol. The van der Waals surface area contributed by atoms with Gasteiger partial charge in [0.25, 0.3) is 0 Å². The topological polar surface area (TPSA) is 69.1 Å². The smallest absolute Gasteiger partial charge is 0.191 e. The zero-order chi connectivity index (χ0) is 18.1. The van der Waals surface area contributed by atoms with Crippen molar-refractivity contribution in [3.63, 3.8) is 0 Å². The van der Waals surface area contributed by atoms with Gasteiger partial charge in [0.1, 0.15) is 0 Å². The monoisotopic (exact) mass is 476 g/mol. The Balaban J connectivity index is 0.00000338. The number of aliphatic hydroxyl groups is 1. The van der Waals surface area contributed by atoms with Gasteiger partial charge >= 0.3 is 0 Å². The first kappa shape index (κ1) is 23.0. The second kappa shape index (κ2) is 11.6.